The molecule has 0 bridgehead atoms. The maximum absolute atomic E-state index is 12.3. The highest BCUT2D eigenvalue weighted by Gasteiger charge is 2.35. The molecule has 24 heavy (non-hydrogen) atoms. The van der Waals surface area contributed by atoms with Crippen LogP contribution in [-0.4, -0.2) is 38.9 Å². The van der Waals surface area contributed by atoms with E-state index in [0.29, 0.717) is 23.4 Å². The van der Waals surface area contributed by atoms with E-state index in [-0.39, 0.29) is 30.7 Å². The number of hydrogen-bond acceptors (Lipinski definition) is 4. The zero-order valence-electron chi connectivity index (χ0n) is 13.0. The van der Waals surface area contributed by atoms with Crippen LogP contribution in [0.15, 0.2) is 34.9 Å². The third-order valence-electron chi connectivity index (χ3n) is 3.81. The van der Waals surface area contributed by atoms with Gasteiger partial charge in [0, 0.05) is 30.6 Å². The number of nitrogens with zero attached hydrogens (tertiary/aromatic N) is 3. The van der Waals surface area contributed by atoms with Gasteiger partial charge in [0.2, 0.25) is 5.91 Å². The zero-order chi connectivity index (χ0) is 17.3. The summed E-state index contributed by atoms with van der Waals surface area (Å²) in [4.78, 5) is 37.7. The predicted octanol–water partition coefficient (Wildman–Crippen LogP) is 2.20. The first kappa shape index (κ1) is 16.4. The number of carbonyl (C=O) groups is 3. The monoisotopic (exact) mass is 390 g/mol. The molecule has 0 spiro atoms. The van der Waals surface area contributed by atoms with Gasteiger partial charge in [0.25, 0.3) is 11.8 Å². The normalized spacial score (nSPS) is 13.3. The van der Waals surface area contributed by atoms with Gasteiger partial charge in [0.15, 0.2) is 0 Å². The maximum atomic E-state index is 12.3. The summed E-state index contributed by atoms with van der Waals surface area (Å²) in [6, 6.07) is 6.70. The van der Waals surface area contributed by atoms with Gasteiger partial charge in [-0.05, 0) is 24.6 Å². The maximum Gasteiger partial charge on any atom is 0.261 e. The summed E-state index contributed by atoms with van der Waals surface area (Å²) < 4.78 is 2.31. The minimum absolute atomic E-state index is 0.182. The van der Waals surface area contributed by atoms with Gasteiger partial charge in [-0.25, -0.2) is 0 Å². The highest BCUT2D eigenvalue weighted by atomic mass is 79.9. The van der Waals surface area contributed by atoms with E-state index in [1.807, 2.05) is 0 Å². The van der Waals surface area contributed by atoms with Gasteiger partial charge in [0.1, 0.15) is 5.82 Å². The Hall–Kier alpha value is -2.48. The molecular formula is C16H15BrN4O3. The fourth-order valence-electron chi connectivity index (χ4n) is 2.57. The van der Waals surface area contributed by atoms with Crippen molar-refractivity contribution in [3.05, 3.63) is 46.1 Å². The van der Waals surface area contributed by atoms with Crippen molar-refractivity contribution in [2.45, 2.75) is 12.8 Å². The molecule has 1 N–H and O–H groups in total. The van der Waals surface area contributed by atoms with Crippen LogP contribution in [0.25, 0.3) is 0 Å². The third-order valence-corrected chi connectivity index (χ3v) is 4.30. The lowest BCUT2D eigenvalue weighted by molar-refractivity contribution is -0.116. The summed E-state index contributed by atoms with van der Waals surface area (Å²) in [5.74, 6) is -0.207. The van der Waals surface area contributed by atoms with Gasteiger partial charge in [0.05, 0.1) is 17.3 Å². The third kappa shape index (κ3) is 3.09. The van der Waals surface area contributed by atoms with Crippen LogP contribution >= 0.6 is 15.9 Å². The number of anilines is 1. The lowest BCUT2D eigenvalue weighted by Gasteiger charge is -2.13. The first-order chi connectivity index (χ1) is 11.5. The van der Waals surface area contributed by atoms with E-state index >= 15 is 0 Å². The highest BCUT2D eigenvalue weighted by molar-refractivity contribution is 9.10. The Labute approximate surface area is 146 Å². The lowest BCUT2D eigenvalue weighted by Crippen LogP contribution is -2.31. The van der Waals surface area contributed by atoms with Crippen molar-refractivity contribution in [2.24, 2.45) is 7.05 Å². The van der Waals surface area contributed by atoms with Gasteiger partial charge in [-0.1, -0.05) is 15.9 Å². The van der Waals surface area contributed by atoms with Crippen LogP contribution in [0.3, 0.4) is 0 Å². The van der Waals surface area contributed by atoms with Crippen molar-refractivity contribution in [1.29, 1.82) is 0 Å². The summed E-state index contributed by atoms with van der Waals surface area (Å²) in [6.07, 6.45) is 2.20. The molecule has 1 aromatic carbocycles. The number of amides is 3. The molecule has 1 aliphatic heterocycles. The van der Waals surface area contributed by atoms with Crippen molar-refractivity contribution in [3.8, 4) is 0 Å². The molecule has 2 aromatic rings. The average molecular weight is 391 g/mol. The summed E-state index contributed by atoms with van der Waals surface area (Å²) >= 11 is 3.30. The molecule has 0 saturated carbocycles. The molecule has 8 heteroatoms. The van der Waals surface area contributed by atoms with Crippen molar-refractivity contribution in [3.63, 3.8) is 0 Å². The number of hydrogen-bond donors (Lipinski definition) is 1. The van der Waals surface area contributed by atoms with Crippen molar-refractivity contribution in [2.75, 3.05) is 11.9 Å². The average Bonchev–Trinajstić information content (AvgIpc) is 3.04. The minimum atomic E-state index is -0.316. The van der Waals surface area contributed by atoms with E-state index in [2.05, 4.69) is 26.3 Å². The van der Waals surface area contributed by atoms with Gasteiger partial charge >= 0.3 is 0 Å². The number of aromatic nitrogens is 2. The molecule has 1 aromatic heterocycles. The molecular weight excluding hydrogens is 376 g/mol. The molecule has 0 aliphatic carbocycles. The minimum Gasteiger partial charge on any atom is -0.311 e. The van der Waals surface area contributed by atoms with E-state index < -0.39 is 0 Å². The van der Waals surface area contributed by atoms with Crippen molar-refractivity contribution >= 4 is 39.5 Å². The second-order valence-electron chi connectivity index (χ2n) is 5.44. The molecule has 0 radical (unpaired) electrons. The Bertz CT molecular complexity index is 830. The van der Waals surface area contributed by atoms with Crippen LogP contribution in [0, 0.1) is 0 Å². The van der Waals surface area contributed by atoms with Crippen LogP contribution in [0.5, 0.6) is 0 Å². The number of aryl methyl sites for hydroxylation is 1. The number of nitrogens with one attached hydrogen (secondary N) is 1. The second kappa shape index (κ2) is 6.56. The molecule has 0 fully saturated rings. The Balaban J connectivity index is 1.56. The SMILES string of the molecule is Cn1nccc1NC(=O)CCCN1C(=O)c2ccc(Br)cc2C1=O. The Kier molecular flexibility index (Phi) is 4.48. The molecule has 3 rings (SSSR count). The van der Waals surface area contributed by atoms with E-state index in [0.717, 1.165) is 4.47 Å². The van der Waals surface area contributed by atoms with Crippen LogP contribution < -0.4 is 5.32 Å². The second-order valence-corrected chi connectivity index (χ2v) is 6.36. The van der Waals surface area contributed by atoms with E-state index in [1.54, 1.807) is 42.2 Å². The van der Waals surface area contributed by atoms with Crippen molar-refractivity contribution < 1.29 is 14.4 Å². The summed E-state index contributed by atoms with van der Waals surface area (Å²) in [5.41, 5.74) is 0.802. The summed E-state index contributed by atoms with van der Waals surface area (Å²) in [7, 11) is 1.73. The highest BCUT2D eigenvalue weighted by Crippen LogP contribution is 2.26. The fourth-order valence-corrected chi connectivity index (χ4v) is 2.93. The Morgan fingerprint density at radius 1 is 1.21 bits per heavy atom. The number of rotatable bonds is 5. The molecule has 0 unspecified atom stereocenters. The van der Waals surface area contributed by atoms with Gasteiger partial charge < -0.3 is 5.32 Å². The van der Waals surface area contributed by atoms with Crippen LogP contribution in [0.1, 0.15) is 33.6 Å². The largest absolute Gasteiger partial charge is 0.311 e. The smallest absolute Gasteiger partial charge is 0.261 e. The molecule has 0 atom stereocenters. The molecule has 124 valence electrons. The standard InChI is InChI=1S/C16H15BrN4O3/c1-20-13(6-7-18-20)19-14(22)3-2-8-21-15(23)11-5-4-10(17)9-12(11)16(21)24/h4-7,9H,2-3,8H2,1H3,(H,19,22). The Morgan fingerprint density at radius 2 is 1.96 bits per heavy atom. The molecule has 1 aliphatic rings. The number of halogens is 1. The first-order valence-corrected chi connectivity index (χ1v) is 8.20. The predicted molar refractivity (Wildman–Crippen MR) is 90.6 cm³/mol. The van der Waals surface area contributed by atoms with Gasteiger partial charge in [-0.15, -0.1) is 0 Å². The quantitative estimate of drug-likeness (QED) is 0.793. The van der Waals surface area contributed by atoms with Crippen LogP contribution in [0.2, 0.25) is 0 Å². The topological polar surface area (TPSA) is 84.3 Å². The van der Waals surface area contributed by atoms with E-state index in [9.17, 15) is 14.4 Å². The van der Waals surface area contributed by atoms with Crippen LogP contribution in [0.4, 0.5) is 5.82 Å². The number of fused-ring (bicyclic) bond motifs is 1. The Morgan fingerprint density at radius 3 is 2.67 bits per heavy atom. The lowest BCUT2D eigenvalue weighted by atomic mass is 10.1. The number of carbonyl (C=O) groups excluding carboxylic acids is 3. The van der Waals surface area contributed by atoms with Gasteiger partial charge in [-0.2, -0.15) is 5.10 Å². The van der Waals surface area contributed by atoms with E-state index in [4.69, 9.17) is 0 Å². The summed E-state index contributed by atoms with van der Waals surface area (Å²) in [6.45, 7) is 0.211. The molecule has 0 saturated heterocycles. The van der Waals surface area contributed by atoms with Crippen LogP contribution in [-0.2, 0) is 11.8 Å². The fraction of sp³-hybridized carbons (Fsp3) is 0.250. The molecule has 7 nitrogen and oxygen atoms in total. The zero-order valence-corrected chi connectivity index (χ0v) is 14.5. The first-order valence-electron chi connectivity index (χ1n) is 7.41. The number of imide groups is 1. The number of benzene rings is 1. The van der Waals surface area contributed by atoms with E-state index in [1.165, 1.54) is 4.90 Å². The molecule has 3 amide bonds. The van der Waals surface area contributed by atoms with Gasteiger partial charge in [-0.3, -0.25) is 24.0 Å². The summed E-state index contributed by atoms with van der Waals surface area (Å²) in [5, 5.41) is 6.69. The molecule has 2 heterocycles. The van der Waals surface area contributed by atoms with Crippen molar-refractivity contribution in [1.82, 2.24) is 14.7 Å².